The molecular formula is C22H24N2OS. The molecular weight excluding hydrogens is 340 g/mol. The van der Waals surface area contributed by atoms with E-state index in [0.29, 0.717) is 0 Å². The largest absolute Gasteiger partial charge is 0.343 e. The summed E-state index contributed by atoms with van der Waals surface area (Å²) in [5.74, 6) is 0.164. The molecule has 2 atom stereocenters. The second-order valence-corrected chi connectivity index (χ2v) is 7.51. The second-order valence-electron chi connectivity index (χ2n) is 6.66. The predicted molar refractivity (Wildman–Crippen MR) is 107 cm³/mol. The lowest BCUT2D eigenvalue weighted by molar-refractivity contribution is -0.126. The van der Waals surface area contributed by atoms with Gasteiger partial charge in [-0.05, 0) is 47.8 Å². The molecule has 0 aromatic heterocycles. The van der Waals surface area contributed by atoms with Crippen molar-refractivity contribution in [1.29, 1.82) is 5.26 Å². The zero-order valence-electron chi connectivity index (χ0n) is 15.1. The highest BCUT2D eigenvalue weighted by Gasteiger charge is 2.33. The fraction of sp³-hybridized carbons (Fsp3) is 0.364. The topological polar surface area (TPSA) is 52.9 Å². The highest BCUT2D eigenvalue weighted by Crippen LogP contribution is 2.43. The second kappa shape index (κ2) is 8.91. The summed E-state index contributed by atoms with van der Waals surface area (Å²) in [4.78, 5) is 13.9. The lowest BCUT2D eigenvalue weighted by Crippen LogP contribution is -2.36. The standard InChI is InChI=1S/C22H24N2OS/c1-26-21-13-7-6-11-19(21)17-9-3-2-8-16(17)18-10-4-5-12-20(18)22(25)24-15-14-23/h2-3,6-9,11,13,18,20H,4-5,10,12,15H2,1H3,(H,24,25). The summed E-state index contributed by atoms with van der Waals surface area (Å²) in [5, 5.41) is 11.6. The molecule has 0 radical (unpaired) electrons. The first-order valence-corrected chi connectivity index (χ1v) is 10.4. The van der Waals surface area contributed by atoms with Crippen molar-refractivity contribution >= 4 is 17.7 Å². The van der Waals surface area contributed by atoms with Crippen molar-refractivity contribution in [2.24, 2.45) is 5.92 Å². The summed E-state index contributed by atoms with van der Waals surface area (Å²) in [5.41, 5.74) is 3.71. The first kappa shape index (κ1) is 18.5. The van der Waals surface area contributed by atoms with Gasteiger partial charge in [0, 0.05) is 10.8 Å². The average Bonchev–Trinajstić information content (AvgIpc) is 2.72. The monoisotopic (exact) mass is 364 g/mol. The van der Waals surface area contributed by atoms with E-state index >= 15 is 0 Å². The number of carbonyl (C=O) groups excluding carboxylic acids is 1. The van der Waals surface area contributed by atoms with Gasteiger partial charge in [-0.3, -0.25) is 4.79 Å². The number of amides is 1. The quantitative estimate of drug-likeness (QED) is 0.601. The number of thioether (sulfide) groups is 1. The van der Waals surface area contributed by atoms with E-state index < -0.39 is 0 Å². The zero-order valence-corrected chi connectivity index (χ0v) is 15.9. The Bertz CT molecular complexity index is 812. The highest BCUT2D eigenvalue weighted by atomic mass is 32.2. The molecule has 26 heavy (non-hydrogen) atoms. The Morgan fingerprint density at radius 1 is 1.12 bits per heavy atom. The molecule has 0 heterocycles. The lowest BCUT2D eigenvalue weighted by atomic mass is 9.73. The molecule has 2 unspecified atom stereocenters. The number of nitrogens with zero attached hydrogens (tertiary/aromatic N) is 1. The molecule has 0 spiro atoms. The van der Waals surface area contributed by atoms with Crippen molar-refractivity contribution in [1.82, 2.24) is 5.32 Å². The Kier molecular flexibility index (Phi) is 6.35. The van der Waals surface area contributed by atoms with Crippen LogP contribution >= 0.6 is 11.8 Å². The number of hydrogen-bond acceptors (Lipinski definition) is 3. The molecule has 1 fully saturated rings. The van der Waals surface area contributed by atoms with E-state index in [-0.39, 0.29) is 24.3 Å². The lowest BCUT2D eigenvalue weighted by Gasteiger charge is -2.32. The number of hydrogen-bond donors (Lipinski definition) is 1. The van der Waals surface area contributed by atoms with Gasteiger partial charge in [-0.15, -0.1) is 11.8 Å². The molecule has 1 aliphatic rings. The predicted octanol–water partition coefficient (Wildman–Crippen LogP) is 4.99. The van der Waals surface area contributed by atoms with Crippen LogP contribution in [0.4, 0.5) is 0 Å². The van der Waals surface area contributed by atoms with E-state index in [2.05, 4.69) is 60.1 Å². The van der Waals surface area contributed by atoms with Crippen molar-refractivity contribution < 1.29 is 4.79 Å². The molecule has 4 heteroatoms. The minimum absolute atomic E-state index is 0.0178. The van der Waals surface area contributed by atoms with Crippen LogP contribution in [0, 0.1) is 17.2 Å². The van der Waals surface area contributed by atoms with Gasteiger partial charge in [0.2, 0.25) is 5.91 Å². The van der Waals surface area contributed by atoms with Gasteiger partial charge in [-0.1, -0.05) is 55.3 Å². The molecule has 0 saturated heterocycles. The van der Waals surface area contributed by atoms with Crippen LogP contribution in [0.3, 0.4) is 0 Å². The van der Waals surface area contributed by atoms with Crippen LogP contribution in [0.5, 0.6) is 0 Å². The first-order valence-electron chi connectivity index (χ1n) is 9.13. The highest BCUT2D eigenvalue weighted by molar-refractivity contribution is 7.98. The van der Waals surface area contributed by atoms with Gasteiger partial charge in [0.1, 0.15) is 6.54 Å². The van der Waals surface area contributed by atoms with Gasteiger partial charge in [0.25, 0.3) is 0 Å². The maximum Gasteiger partial charge on any atom is 0.224 e. The van der Waals surface area contributed by atoms with Crippen LogP contribution in [-0.4, -0.2) is 18.7 Å². The molecule has 2 aromatic carbocycles. The number of benzene rings is 2. The molecule has 1 aliphatic carbocycles. The van der Waals surface area contributed by atoms with Crippen molar-refractivity contribution in [2.45, 2.75) is 36.5 Å². The van der Waals surface area contributed by atoms with Crippen molar-refractivity contribution in [3.63, 3.8) is 0 Å². The van der Waals surface area contributed by atoms with E-state index in [1.807, 2.05) is 6.07 Å². The molecule has 0 aliphatic heterocycles. The molecule has 1 saturated carbocycles. The van der Waals surface area contributed by atoms with E-state index in [1.54, 1.807) is 11.8 Å². The Morgan fingerprint density at radius 2 is 1.81 bits per heavy atom. The van der Waals surface area contributed by atoms with Gasteiger partial charge >= 0.3 is 0 Å². The molecule has 1 N–H and O–H groups in total. The van der Waals surface area contributed by atoms with Gasteiger partial charge in [-0.25, -0.2) is 0 Å². The zero-order chi connectivity index (χ0) is 18.4. The maximum absolute atomic E-state index is 12.6. The first-order chi connectivity index (χ1) is 12.8. The molecule has 1 amide bonds. The maximum atomic E-state index is 12.6. The normalized spacial score (nSPS) is 19.5. The van der Waals surface area contributed by atoms with E-state index in [1.165, 1.54) is 21.6 Å². The van der Waals surface area contributed by atoms with Crippen LogP contribution in [0.1, 0.15) is 37.2 Å². The minimum Gasteiger partial charge on any atom is -0.343 e. The Labute approximate surface area is 159 Å². The molecule has 2 aromatic rings. The van der Waals surface area contributed by atoms with Crippen molar-refractivity contribution in [3.8, 4) is 17.2 Å². The third kappa shape index (κ3) is 3.94. The molecule has 3 nitrogen and oxygen atoms in total. The smallest absolute Gasteiger partial charge is 0.224 e. The summed E-state index contributed by atoms with van der Waals surface area (Å²) in [6, 6.07) is 18.9. The summed E-state index contributed by atoms with van der Waals surface area (Å²) in [7, 11) is 0. The Balaban J connectivity index is 2.00. The fourth-order valence-corrected chi connectivity index (χ4v) is 4.62. The average molecular weight is 365 g/mol. The number of rotatable bonds is 5. The van der Waals surface area contributed by atoms with E-state index in [4.69, 9.17) is 5.26 Å². The fourth-order valence-electron chi connectivity index (χ4n) is 4.01. The summed E-state index contributed by atoms with van der Waals surface area (Å²) in [6.45, 7) is 0.0823. The SMILES string of the molecule is CSc1ccccc1-c1ccccc1C1CCCCC1C(=O)NCC#N. The summed E-state index contributed by atoms with van der Waals surface area (Å²) < 4.78 is 0. The molecule has 0 bridgehead atoms. The molecule has 134 valence electrons. The number of nitriles is 1. The van der Waals surface area contributed by atoms with Crippen molar-refractivity contribution in [2.75, 3.05) is 12.8 Å². The Morgan fingerprint density at radius 3 is 2.58 bits per heavy atom. The number of nitrogens with one attached hydrogen (secondary N) is 1. The molecule has 3 rings (SSSR count). The van der Waals surface area contributed by atoms with Gasteiger partial charge in [-0.2, -0.15) is 5.26 Å². The van der Waals surface area contributed by atoms with E-state index in [9.17, 15) is 4.79 Å². The van der Waals surface area contributed by atoms with Crippen LogP contribution < -0.4 is 5.32 Å². The minimum atomic E-state index is -0.0558. The van der Waals surface area contributed by atoms with Crippen LogP contribution in [0.15, 0.2) is 53.4 Å². The van der Waals surface area contributed by atoms with Crippen LogP contribution in [-0.2, 0) is 4.79 Å². The van der Waals surface area contributed by atoms with Gasteiger partial charge < -0.3 is 5.32 Å². The summed E-state index contributed by atoms with van der Waals surface area (Å²) in [6.07, 6.45) is 6.22. The van der Waals surface area contributed by atoms with Crippen LogP contribution in [0.25, 0.3) is 11.1 Å². The third-order valence-electron chi connectivity index (χ3n) is 5.20. The van der Waals surface area contributed by atoms with Gasteiger partial charge in [0.05, 0.1) is 6.07 Å². The van der Waals surface area contributed by atoms with E-state index in [0.717, 1.165) is 25.7 Å². The third-order valence-corrected chi connectivity index (χ3v) is 6.00. The van der Waals surface area contributed by atoms with Gasteiger partial charge in [0.15, 0.2) is 0 Å². The van der Waals surface area contributed by atoms with Crippen molar-refractivity contribution in [3.05, 3.63) is 54.1 Å². The van der Waals surface area contributed by atoms with Crippen LogP contribution in [0.2, 0.25) is 0 Å². The number of carbonyl (C=O) groups is 1. The Hall–Kier alpha value is -2.25. The summed E-state index contributed by atoms with van der Waals surface area (Å²) >= 11 is 1.75.